The monoisotopic (exact) mass is 399 g/mol. The van der Waals surface area contributed by atoms with Crippen molar-refractivity contribution in [1.29, 1.82) is 0 Å². The molecule has 0 fully saturated rings. The molecule has 150 valence electrons. The topological polar surface area (TPSA) is 72.5 Å². The number of hydrogen-bond donors (Lipinski definition) is 2. The number of amides is 1. The second kappa shape index (κ2) is 9.01. The third-order valence-corrected chi connectivity index (χ3v) is 4.05. The van der Waals surface area contributed by atoms with Crippen molar-refractivity contribution in [2.75, 3.05) is 24.9 Å². The summed E-state index contributed by atoms with van der Waals surface area (Å²) in [5, 5.41) is 5.61. The normalized spacial score (nSPS) is 10.3. The molecule has 8 heteroatoms. The van der Waals surface area contributed by atoms with Gasteiger partial charge in [-0.2, -0.15) is 0 Å². The molecule has 0 unspecified atom stereocenters. The number of carbonyl (C=O) groups is 1. The van der Waals surface area contributed by atoms with Crippen LogP contribution in [0.4, 0.5) is 26.0 Å². The smallest absolute Gasteiger partial charge is 0.229 e. The Morgan fingerprint density at radius 2 is 1.69 bits per heavy atom. The third kappa shape index (κ3) is 5.19. The largest absolute Gasteiger partial charge is 0.493 e. The van der Waals surface area contributed by atoms with E-state index in [4.69, 9.17) is 9.47 Å². The molecule has 0 spiro atoms. The molecule has 3 rings (SSSR count). The SMILES string of the molecule is COc1ccc(CC(=O)Nc2ccc(Nc3ccc(F)c(F)c3)cn2)cc1OC. The van der Waals surface area contributed by atoms with Gasteiger partial charge in [0.15, 0.2) is 23.1 Å². The van der Waals surface area contributed by atoms with E-state index >= 15 is 0 Å². The summed E-state index contributed by atoms with van der Waals surface area (Å²) in [6.45, 7) is 0. The summed E-state index contributed by atoms with van der Waals surface area (Å²) in [6.07, 6.45) is 1.62. The quantitative estimate of drug-likeness (QED) is 0.620. The van der Waals surface area contributed by atoms with Crippen LogP contribution in [0.1, 0.15) is 5.56 Å². The van der Waals surface area contributed by atoms with E-state index in [1.165, 1.54) is 19.4 Å². The van der Waals surface area contributed by atoms with E-state index in [-0.39, 0.29) is 12.3 Å². The fourth-order valence-corrected chi connectivity index (χ4v) is 2.65. The Hall–Kier alpha value is -3.68. The number of rotatable bonds is 7. The molecular weight excluding hydrogens is 380 g/mol. The van der Waals surface area contributed by atoms with Gasteiger partial charge in [-0.25, -0.2) is 13.8 Å². The number of anilines is 3. The van der Waals surface area contributed by atoms with Gasteiger partial charge in [-0.05, 0) is 42.0 Å². The number of carbonyl (C=O) groups excluding carboxylic acids is 1. The Morgan fingerprint density at radius 3 is 2.34 bits per heavy atom. The Morgan fingerprint density at radius 1 is 0.931 bits per heavy atom. The highest BCUT2D eigenvalue weighted by Gasteiger charge is 2.09. The number of benzene rings is 2. The van der Waals surface area contributed by atoms with E-state index in [1.54, 1.807) is 37.4 Å². The zero-order valence-electron chi connectivity index (χ0n) is 15.8. The highest BCUT2D eigenvalue weighted by atomic mass is 19.2. The van der Waals surface area contributed by atoms with Gasteiger partial charge in [-0.3, -0.25) is 4.79 Å². The number of nitrogens with zero attached hydrogens (tertiary/aromatic N) is 1. The minimum Gasteiger partial charge on any atom is -0.493 e. The lowest BCUT2D eigenvalue weighted by Gasteiger charge is -2.10. The first kappa shape index (κ1) is 20.1. The lowest BCUT2D eigenvalue weighted by atomic mass is 10.1. The molecular formula is C21H19F2N3O3. The zero-order valence-corrected chi connectivity index (χ0v) is 15.8. The highest BCUT2D eigenvalue weighted by molar-refractivity contribution is 5.91. The standard InChI is InChI=1S/C21H19F2N3O3/c1-28-18-7-3-13(9-19(18)29-2)10-21(27)26-20-8-5-15(12-24-20)25-14-4-6-16(22)17(23)11-14/h3-9,11-12,25H,10H2,1-2H3,(H,24,26,27). The van der Waals surface area contributed by atoms with Gasteiger partial charge >= 0.3 is 0 Å². The van der Waals surface area contributed by atoms with Gasteiger partial charge in [0.25, 0.3) is 0 Å². The van der Waals surface area contributed by atoms with E-state index in [0.717, 1.165) is 17.7 Å². The van der Waals surface area contributed by atoms with Gasteiger partial charge in [0.2, 0.25) is 5.91 Å². The first-order valence-corrected chi connectivity index (χ1v) is 8.67. The van der Waals surface area contributed by atoms with Gasteiger partial charge in [0.1, 0.15) is 5.82 Å². The van der Waals surface area contributed by atoms with Crippen LogP contribution >= 0.6 is 0 Å². The molecule has 0 radical (unpaired) electrons. The van der Waals surface area contributed by atoms with Crippen molar-refractivity contribution in [3.05, 3.63) is 71.9 Å². The number of hydrogen-bond acceptors (Lipinski definition) is 5. The van der Waals surface area contributed by atoms with Crippen molar-refractivity contribution in [1.82, 2.24) is 4.98 Å². The molecule has 29 heavy (non-hydrogen) atoms. The zero-order chi connectivity index (χ0) is 20.8. The van der Waals surface area contributed by atoms with Gasteiger partial charge in [0.05, 0.1) is 32.5 Å². The lowest BCUT2D eigenvalue weighted by molar-refractivity contribution is -0.115. The molecule has 2 aromatic carbocycles. The van der Waals surface area contributed by atoms with Crippen LogP contribution < -0.4 is 20.1 Å². The average molecular weight is 399 g/mol. The van der Waals surface area contributed by atoms with E-state index in [0.29, 0.717) is 28.7 Å². The van der Waals surface area contributed by atoms with E-state index in [2.05, 4.69) is 15.6 Å². The second-order valence-corrected chi connectivity index (χ2v) is 6.10. The fraction of sp³-hybridized carbons (Fsp3) is 0.143. The predicted molar refractivity (Wildman–Crippen MR) is 106 cm³/mol. The van der Waals surface area contributed by atoms with Crippen LogP contribution in [-0.4, -0.2) is 25.1 Å². The summed E-state index contributed by atoms with van der Waals surface area (Å²) >= 11 is 0. The molecule has 0 saturated carbocycles. The molecule has 0 atom stereocenters. The van der Waals surface area contributed by atoms with Crippen LogP contribution in [0.5, 0.6) is 11.5 Å². The van der Waals surface area contributed by atoms with Gasteiger partial charge < -0.3 is 20.1 Å². The van der Waals surface area contributed by atoms with Crippen molar-refractivity contribution in [3.8, 4) is 11.5 Å². The van der Waals surface area contributed by atoms with Crippen LogP contribution in [0.25, 0.3) is 0 Å². The first-order chi connectivity index (χ1) is 14.0. The van der Waals surface area contributed by atoms with E-state index < -0.39 is 11.6 Å². The number of methoxy groups -OCH3 is 2. The summed E-state index contributed by atoms with van der Waals surface area (Å²) in [4.78, 5) is 16.4. The second-order valence-electron chi connectivity index (χ2n) is 6.10. The molecule has 1 heterocycles. The lowest BCUT2D eigenvalue weighted by Crippen LogP contribution is -2.15. The molecule has 3 aromatic rings. The summed E-state index contributed by atoms with van der Waals surface area (Å²) in [7, 11) is 3.07. The molecule has 1 aromatic heterocycles. The fourth-order valence-electron chi connectivity index (χ4n) is 2.65. The maximum Gasteiger partial charge on any atom is 0.229 e. The molecule has 0 aliphatic rings. The summed E-state index contributed by atoms with van der Waals surface area (Å²) in [5.74, 6) is -0.605. The third-order valence-electron chi connectivity index (χ3n) is 4.05. The van der Waals surface area contributed by atoms with Crippen molar-refractivity contribution in [2.24, 2.45) is 0 Å². The molecule has 0 aliphatic heterocycles. The van der Waals surface area contributed by atoms with Crippen molar-refractivity contribution < 1.29 is 23.0 Å². The minimum absolute atomic E-state index is 0.136. The molecule has 1 amide bonds. The van der Waals surface area contributed by atoms with Crippen LogP contribution in [0.3, 0.4) is 0 Å². The van der Waals surface area contributed by atoms with Gasteiger partial charge in [0, 0.05) is 11.8 Å². The Balaban J connectivity index is 1.60. The van der Waals surface area contributed by atoms with Crippen molar-refractivity contribution in [2.45, 2.75) is 6.42 Å². The number of aromatic nitrogens is 1. The number of halogens is 2. The number of ether oxygens (including phenoxy) is 2. The first-order valence-electron chi connectivity index (χ1n) is 8.67. The Kier molecular flexibility index (Phi) is 6.23. The molecule has 6 nitrogen and oxygen atoms in total. The van der Waals surface area contributed by atoms with Crippen molar-refractivity contribution >= 4 is 23.1 Å². The van der Waals surface area contributed by atoms with Crippen LogP contribution in [-0.2, 0) is 11.2 Å². The van der Waals surface area contributed by atoms with Crippen molar-refractivity contribution in [3.63, 3.8) is 0 Å². The molecule has 0 bridgehead atoms. The van der Waals surface area contributed by atoms with Crippen LogP contribution in [0.2, 0.25) is 0 Å². The van der Waals surface area contributed by atoms with Crippen LogP contribution in [0.15, 0.2) is 54.7 Å². The highest BCUT2D eigenvalue weighted by Crippen LogP contribution is 2.27. The molecule has 0 saturated heterocycles. The maximum absolute atomic E-state index is 13.3. The van der Waals surface area contributed by atoms with Gasteiger partial charge in [-0.15, -0.1) is 0 Å². The summed E-state index contributed by atoms with van der Waals surface area (Å²) in [6, 6.07) is 12.0. The molecule has 0 aliphatic carbocycles. The molecule has 2 N–H and O–H groups in total. The summed E-state index contributed by atoms with van der Waals surface area (Å²) in [5.41, 5.74) is 1.71. The van der Waals surface area contributed by atoms with Crippen LogP contribution in [0, 0.1) is 11.6 Å². The summed E-state index contributed by atoms with van der Waals surface area (Å²) < 4.78 is 36.7. The Labute approximate surface area is 166 Å². The minimum atomic E-state index is -0.943. The number of nitrogens with one attached hydrogen (secondary N) is 2. The predicted octanol–water partition coefficient (Wildman–Crippen LogP) is 4.30. The Bertz CT molecular complexity index is 1010. The van der Waals surface area contributed by atoms with Gasteiger partial charge in [-0.1, -0.05) is 6.07 Å². The van der Waals surface area contributed by atoms with E-state index in [1.807, 2.05) is 0 Å². The maximum atomic E-state index is 13.3. The van der Waals surface area contributed by atoms with E-state index in [9.17, 15) is 13.6 Å². The average Bonchev–Trinajstić information content (AvgIpc) is 2.72. The number of pyridine rings is 1.